The Morgan fingerprint density at radius 1 is 0.531 bits per heavy atom. The Balaban J connectivity index is 1.33. The van der Waals surface area contributed by atoms with Crippen LogP contribution in [-0.2, 0) is 19.1 Å². The lowest BCUT2D eigenvalue weighted by Crippen LogP contribution is -2.58. The van der Waals surface area contributed by atoms with E-state index in [1.165, 1.54) is 12.8 Å². The third-order valence-electron chi connectivity index (χ3n) is 13.6. The lowest BCUT2D eigenvalue weighted by Gasteiger charge is -2.55. The Kier molecular flexibility index (Phi) is 15.1. The van der Waals surface area contributed by atoms with E-state index in [9.17, 15) is 4.79 Å². The number of unbranched alkanes of at least 4 members (excludes halogenated alkanes) is 3. The number of piperidine rings is 5. The van der Waals surface area contributed by atoms with E-state index in [0.29, 0.717) is 30.1 Å². The predicted molar refractivity (Wildman–Crippen MR) is 198 cm³/mol. The molecule has 1 unspecified atom stereocenters. The molecule has 0 aromatic rings. The Labute approximate surface area is 299 Å². The quantitative estimate of drug-likeness (QED) is 0.181. The number of likely N-dealkylation sites (tertiary alicyclic amines) is 5. The average Bonchev–Trinajstić information content (AvgIpc) is 3.09. The van der Waals surface area contributed by atoms with Crippen LogP contribution in [0, 0.1) is 29.1 Å². The summed E-state index contributed by atoms with van der Waals surface area (Å²) in [6, 6.07) is 0. The summed E-state index contributed by atoms with van der Waals surface area (Å²) in [4.78, 5) is 40.2. The molecule has 0 saturated carbocycles. The van der Waals surface area contributed by atoms with Gasteiger partial charge in [0, 0.05) is 32.6 Å². The second kappa shape index (κ2) is 19.0. The SMILES string of the molecule is CN1CCC(OC(=O)CCCCCCC(C2CCN(C)CC2)C(C(=O)OC2CCN(C)CC2)(C2CCN(C)CC2)C2CCN(C)CC2)CC1. The van der Waals surface area contributed by atoms with Gasteiger partial charge in [0.1, 0.15) is 12.2 Å². The number of rotatable bonds is 14. The molecule has 0 bridgehead atoms. The lowest BCUT2D eigenvalue weighted by atomic mass is 9.51. The number of carbonyl (C=O) groups is 2. The Bertz CT molecular complexity index is 967. The van der Waals surface area contributed by atoms with Crippen LogP contribution in [0.4, 0.5) is 0 Å². The molecule has 9 nitrogen and oxygen atoms in total. The predicted octanol–water partition coefficient (Wildman–Crippen LogP) is 5.23. The summed E-state index contributed by atoms with van der Waals surface area (Å²) in [5.41, 5.74) is -0.412. The summed E-state index contributed by atoms with van der Waals surface area (Å²) in [6.07, 6.45) is 16.6. The molecule has 5 fully saturated rings. The first-order valence-corrected chi connectivity index (χ1v) is 20.5. The van der Waals surface area contributed by atoms with Gasteiger partial charge in [0.2, 0.25) is 0 Å². The number of hydrogen-bond donors (Lipinski definition) is 0. The van der Waals surface area contributed by atoms with Gasteiger partial charge in [0.05, 0.1) is 5.41 Å². The van der Waals surface area contributed by atoms with Gasteiger partial charge < -0.3 is 34.0 Å². The van der Waals surface area contributed by atoms with Crippen molar-refractivity contribution in [3.05, 3.63) is 0 Å². The van der Waals surface area contributed by atoms with Crippen LogP contribution in [0.3, 0.4) is 0 Å². The second-order valence-electron chi connectivity index (χ2n) is 17.2. The van der Waals surface area contributed by atoms with Crippen molar-refractivity contribution in [1.29, 1.82) is 0 Å². The highest BCUT2D eigenvalue weighted by atomic mass is 16.5. The summed E-state index contributed by atoms with van der Waals surface area (Å²) in [7, 11) is 11.1. The van der Waals surface area contributed by atoms with E-state index in [-0.39, 0.29) is 24.1 Å². The molecular weight excluding hydrogens is 614 g/mol. The molecule has 0 aromatic carbocycles. The molecule has 0 amide bonds. The summed E-state index contributed by atoms with van der Waals surface area (Å²) in [5, 5.41) is 0. The smallest absolute Gasteiger partial charge is 0.313 e. The summed E-state index contributed by atoms with van der Waals surface area (Å²) in [5.74, 6) is 1.86. The molecule has 1 atom stereocenters. The van der Waals surface area contributed by atoms with Gasteiger partial charge in [-0.3, -0.25) is 9.59 Å². The van der Waals surface area contributed by atoms with E-state index >= 15 is 4.79 Å². The third kappa shape index (κ3) is 10.6. The fourth-order valence-electron chi connectivity index (χ4n) is 10.4. The van der Waals surface area contributed by atoms with Crippen molar-refractivity contribution in [2.24, 2.45) is 29.1 Å². The van der Waals surface area contributed by atoms with Crippen molar-refractivity contribution >= 4 is 11.9 Å². The number of hydrogen-bond acceptors (Lipinski definition) is 9. The molecular formula is C40H73N5O4. The molecule has 5 heterocycles. The van der Waals surface area contributed by atoms with Crippen LogP contribution in [0.25, 0.3) is 0 Å². The van der Waals surface area contributed by atoms with Gasteiger partial charge in [0.25, 0.3) is 0 Å². The molecule has 0 aliphatic carbocycles. The van der Waals surface area contributed by atoms with Gasteiger partial charge in [-0.15, -0.1) is 0 Å². The van der Waals surface area contributed by atoms with Gasteiger partial charge in [-0.2, -0.15) is 0 Å². The van der Waals surface area contributed by atoms with E-state index in [4.69, 9.17) is 9.47 Å². The zero-order chi connectivity index (χ0) is 34.8. The fraction of sp³-hybridized carbons (Fsp3) is 0.950. The van der Waals surface area contributed by atoms with Crippen molar-refractivity contribution in [3.8, 4) is 0 Å². The molecule has 0 radical (unpaired) electrons. The maximum Gasteiger partial charge on any atom is 0.313 e. The molecule has 5 aliphatic rings. The minimum atomic E-state index is -0.412. The molecule has 49 heavy (non-hydrogen) atoms. The van der Waals surface area contributed by atoms with E-state index < -0.39 is 5.41 Å². The van der Waals surface area contributed by atoms with Crippen molar-refractivity contribution in [2.75, 3.05) is 101 Å². The highest BCUT2D eigenvalue weighted by molar-refractivity contribution is 5.78. The minimum absolute atomic E-state index is 0.0149. The standard InChI is InChI=1S/C40H73N5O4/c1-41-22-12-32(13-23-41)37(10-8-6-7-9-11-38(46)48-35-18-28-44(4)29-19-35)40(33-14-24-42(2)25-15-33,34-16-26-43(3)27-17-34)39(47)49-36-20-30-45(5)31-21-36/h32-37H,6-31H2,1-5H3. The molecule has 0 aromatic heterocycles. The van der Waals surface area contributed by atoms with Crippen LogP contribution in [0.1, 0.15) is 103 Å². The van der Waals surface area contributed by atoms with Gasteiger partial charge in [-0.25, -0.2) is 0 Å². The molecule has 0 N–H and O–H groups in total. The number of esters is 2. The molecule has 5 rings (SSSR count). The number of carbonyl (C=O) groups excluding carboxylic acids is 2. The first kappa shape index (κ1) is 39.0. The lowest BCUT2D eigenvalue weighted by molar-refractivity contribution is -0.188. The van der Waals surface area contributed by atoms with Crippen molar-refractivity contribution in [2.45, 2.75) is 115 Å². The average molecular weight is 688 g/mol. The Hall–Kier alpha value is -1.26. The Morgan fingerprint density at radius 2 is 0.918 bits per heavy atom. The molecule has 0 spiro atoms. The fourth-order valence-corrected chi connectivity index (χ4v) is 10.4. The van der Waals surface area contributed by atoms with E-state index in [1.54, 1.807) is 0 Å². The molecule has 5 aliphatic heterocycles. The topological polar surface area (TPSA) is 68.8 Å². The third-order valence-corrected chi connectivity index (χ3v) is 13.6. The largest absolute Gasteiger partial charge is 0.462 e. The van der Waals surface area contributed by atoms with E-state index in [1.807, 2.05) is 0 Å². The van der Waals surface area contributed by atoms with Crippen LogP contribution in [-0.4, -0.2) is 149 Å². The second-order valence-corrected chi connectivity index (χ2v) is 17.2. The van der Waals surface area contributed by atoms with Crippen LogP contribution in [0.2, 0.25) is 0 Å². The molecule has 9 heteroatoms. The molecule has 282 valence electrons. The highest BCUT2D eigenvalue weighted by Gasteiger charge is 2.59. The van der Waals surface area contributed by atoms with Crippen LogP contribution < -0.4 is 0 Å². The minimum Gasteiger partial charge on any atom is -0.462 e. The zero-order valence-corrected chi connectivity index (χ0v) is 32.2. The summed E-state index contributed by atoms with van der Waals surface area (Å²) < 4.78 is 12.7. The van der Waals surface area contributed by atoms with Gasteiger partial charge in [-0.05, 0) is 175 Å². The summed E-state index contributed by atoms with van der Waals surface area (Å²) in [6.45, 7) is 10.6. The van der Waals surface area contributed by atoms with Crippen molar-refractivity contribution in [3.63, 3.8) is 0 Å². The van der Waals surface area contributed by atoms with Crippen LogP contribution in [0.5, 0.6) is 0 Å². The van der Waals surface area contributed by atoms with Crippen LogP contribution in [0.15, 0.2) is 0 Å². The zero-order valence-electron chi connectivity index (χ0n) is 32.2. The molecule has 5 saturated heterocycles. The highest BCUT2D eigenvalue weighted by Crippen LogP contribution is 2.57. The van der Waals surface area contributed by atoms with Crippen LogP contribution >= 0.6 is 0 Å². The number of nitrogens with zero attached hydrogens (tertiary/aromatic N) is 5. The maximum atomic E-state index is 15.4. The first-order chi connectivity index (χ1) is 23.6. The Morgan fingerprint density at radius 3 is 1.39 bits per heavy atom. The van der Waals surface area contributed by atoms with Crippen molar-refractivity contribution < 1.29 is 19.1 Å². The number of ether oxygens (including phenoxy) is 2. The monoisotopic (exact) mass is 688 g/mol. The van der Waals surface area contributed by atoms with Crippen molar-refractivity contribution in [1.82, 2.24) is 24.5 Å². The van der Waals surface area contributed by atoms with E-state index in [0.717, 1.165) is 149 Å². The van der Waals surface area contributed by atoms with Gasteiger partial charge >= 0.3 is 11.9 Å². The normalized spacial score (nSPS) is 25.8. The maximum absolute atomic E-state index is 15.4. The summed E-state index contributed by atoms with van der Waals surface area (Å²) >= 11 is 0. The van der Waals surface area contributed by atoms with Gasteiger partial charge in [0.15, 0.2) is 0 Å². The first-order valence-electron chi connectivity index (χ1n) is 20.5. The van der Waals surface area contributed by atoms with Gasteiger partial charge in [-0.1, -0.05) is 19.3 Å². The van der Waals surface area contributed by atoms with E-state index in [2.05, 4.69) is 59.7 Å².